The van der Waals surface area contributed by atoms with Crippen molar-refractivity contribution in [2.75, 3.05) is 0 Å². The Hall–Kier alpha value is -2.70. The van der Waals surface area contributed by atoms with Gasteiger partial charge in [-0.2, -0.15) is 5.10 Å². The SMILES string of the molecule is NC(=O)NN=c1c(C=O)coc2ccc(F)cc12. The van der Waals surface area contributed by atoms with Gasteiger partial charge in [0.1, 0.15) is 23.0 Å². The van der Waals surface area contributed by atoms with Gasteiger partial charge < -0.3 is 10.2 Å². The normalized spacial score (nSPS) is 11.5. The molecule has 18 heavy (non-hydrogen) atoms. The lowest BCUT2D eigenvalue weighted by Gasteiger charge is -2.01. The van der Waals surface area contributed by atoms with Crippen LogP contribution in [0.3, 0.4) is 0 Å². The molecule has 1 aromatic heterocycles. The number of fused-ring (bicyclic) bond motifs is 1. The number of carbonyl (C=O) groups is 2. The Balaban J connectivity index is 2.79. The number of primary amides is 1. The fourth-order valence-electron chi connectivity index (χ4n) is 1.45. The molecular weight excluding hydrogens is 241 g/mol. The summed E-state index contributed by atoms with van der Waals surface area (Å²) >= 11 is 0. The summed E-state index contributed by atoms with van der Waals surface area (Å²) in [5.74, 6) is -0.517. The fraction of sp³-hybridized carbons (Fsp3) is 0. The summed E-state index contributed by atoms with van der Waals surface area (Å²) in [4.78, 5) is 21.4. The van der Waals surface area contributed by atoms with Crippen molar-refractivity contribution in [3.05, 3.63) is 41.2 Å². The fourth-order valence-corrected chi connectivity index (χ4v) is 1.45. The molecule has 7 heteroatoms. The third-order valence-corrected chi connectivity index (χ3v) is 2.19. The van der Waals surface area contributed by atoms with E-state index in [1.807, 2.05) is 5.43 Å². The molecule has 2 amide bonds. The van der Waals surface area contributed by atoms with E-state index in [2.05, 4.69) is 5.10 Å². The van der Waals surface area contributed by atoms with Crippen molar-refractivity contribution in [1.82, 2.24) is 5.43 Å². The van der Waals surface area contributed by atoms with Gasteiger partial charge in [-0.1, -0.05) is 0 Å². The number of nitrogens with one attached hydrogen (secondary N) is 1. The lowest BCUT2D eigenvalue weighted by atomic mass is 10.2. The number of amides is 2. The van der Waals surface area contributed by atoms with Gasteiger partial charge >= 0.3 is 6.03 Å². The zero-order chi connectivity index (χ0) is 13.1. The second-order valence-electron chi connectivity index (χ2n) is 3.39. The van der Waals surface area contributed by atoms with E-state index in [1.165, 1.54) is 12.1 Å². The second-order valence-corrected chi connectivity index (χ2v) is 3.39. The van der Waals surface area contributed by atoms with Crippen LogP contribution in [0.15, 0.2) is 34.0 Å². The number of aldehydes is 1. The molecule has 3 N–H and O–H groups in total. The summed E-state index contributed by atoms with van der Waals surface area (Å²) in [6.45, 7) is 0. The van der Waals surface area contributed by atoms with Crippen molar-refractivity contribution in [1.29, 1.82) is 0 Å². The van der Waals surface area contributed by atoms with Gasteiger partial charge in [0.2, 0.25) is 0 Å². The minimum atomic E-state index is -0.891. The van der Waals surface area contributed by atoms with E-state index in [9.17, 15) is 14.0 Å². The first kappa shape index (κ1) is 11.8. The molecule has 0 unspecified atom stereocenters. The van der Waals surface area contributed by atoms with Gasteiger partial charge in [-0.25, -0.2) is 14.6 Å². The maximum Gasteiger partial charge on any atom is 0.332 e. The standard InChI is InChI=1S/C11H8FN3O3/c12-7-1-2-9-8(3-7)10(14-15-11(13)17)6(4-16)5-18-9/h1-5H,(H3,13,15,17). The molecule has 0 atom stereocenters. The monoisotopic (exact) mass is 249 g/mol. The van der Waals surface area contributed by atoms with Crippen LogP contribution in [0, 0.1) is 5.82 Å². The molecule has 1 aromatic carbocycles. The number of halogens is 1. The van der Waals surface area contributed by atoms with Crippen LogP contribution in [0.4, 0.5) is 9.18 Å². The molecule has 1 heterocycles. The predicted molar refractivity (Wildman–Crippen MR) is 59.8 cm³/mol. The Kier molecular flexibility index (Phi) is 3.05. The van der Waals surface area contributed by atoms with Crippen molar-refractivity contribution in [2.45, 2.75) is 0 Å². The van der Waals surface area contributed by atoms with Crippen molar-refractivity contribution >= 4 is 23.3 Å². The van der Waals surface area contributed by atoms with Gasteiger partial charge in [-0.15, -0.1) is 0 Å². The third-order valence-electron chi connectivity index (χ3n) is 2.19. The number of rotatable bonds is 2. The maximum atomic E-state index is 13.2. The molecule has 0 bridgehead atoms. The van der Waals surface area contributed by atoms with Crippen LogP contribution in [-0.2, 0) is 0 Å². The Morgan fingerprint density at radius 3 is 2.94 bits per heavy atom. The Bertz CT molecular complexity index is 693. The van der Waals surface area contributed by atoms with Gasteiger partial charge in [-0.05, 0) is 18.2 Å². The van der Waals surface area contributed by atoms with Crippen LogP contribution >= 0.6 is 0 Å². The van der Waals surface area contributed by atoms with E-state index in [0.29, 0.717) is 11.9 Å². The van der Waals surface area contributed by atoms with Crippen LogP contribution in [0.5, 0.6) is 0 Å². The number of nitrogens with zero attached hydrogens (tertiary/aromatic N) is 1. The summed E-state index contributed by atoms with van der Waals surface area (Å²) in [5.41, 5.74) is 7.26. The van der Waals surface area contributed by atoms with Crippen LogP contribution < -0.4 is 16.5 Å². The summed E-state index contributed by atoms with van der Waals surface area (Å²) in [5, 5.41) is 4.01. The summed E-state index contributed by atoms with van der Waals surface area (Å²) in [6, 6.07) is 2.85. The molecule has 0 saturated heterocycles. The molecule has 2 rings (SSSR count). The van der Waals surface area contributed by atoms with Gasteiger partial charge in [0, 0.05) is 5.39 Å². The molecule has 6 nitrogen and oxygen atoms in total. The van der Waals surface area contributed by atoms with E-state index in [-0.39, 0.29) is 16.3 Å². The molecule has 0 radical (unpaired) electrons. The quantitative estimate of drug-likeness (QED) is 0.610. The van der Waals surface area contributed by atoms with Gasteiger partial charge in [0.25, 0.3) is 0 Å². The molecule has 0 spiro atoms. The van der Waals surface area contributed by atoms with Crippen LogP contribution in [0.1, 0.15) is 10.4 Å². The van der Waals surface area contributed by atoms with E-state index in [1.54, 1.807) is 0 Å². The largest absolute Gasteiger partial charge is 0.463 e. The molecule has 0 aliphatic carbocycles. The minimum Gasteiger partial charge on any atom is -0.463 e. The first-order valence-corrected chi connectivity index (χ1v) is 4.87. The Morgan fingerprint density at radius 1 is 1.50 bits per heavy atom. The molecule has 0 aliphatic rings. The summed E-state index contributed by atoms with van der Waals surface area (Å²) in [6.07, 6.45) is 1.64. The highest BCUT2D eigenvalue weighted by molar-refractivity contribution is 5.84. The minimum absolute atomic E-state index is 0.0712. The lowest BCUT2D eigenvalue weighted by Crippen LogP contribution is -2.28. The summed E-state index contributed by atoms with van der Waals surface area (Å²) < 4.78 is 18.3. The van der Waals surface area contributed by atoms with Crippen LogP contribution in [0.2, 0.25) is 0 Å². The lowest BCUT2D eigenvalue weighted by molar-refractivity contribution is 0.112. The first-order valence-electron chi connectivity index (χ1n) is 4.87. The Labute approximate surface area is 99.9 Å². The van der Waals surface area contributed by atoms with E-state index in [0.717, 1.165) is 12.3 Å². The molecule has 0 aliphatic heterocycles. The molecular formula is C11H8FN3O3. The van der Waals surface area contributed by atoms with E-state index >= 15 is 0 Å². The molecule has 0 fully saturated rings. The number of hydrogen-bond donors (Lipinski definition) is 2. The molecule has 2 aromatic rings. The van der Waals surface area contributed by atoms with E-state index < -0.39 is 11.8 Å². The van der Waals surface area contributed by atoms with E-state index in [4.69, 9.17) is 10.2 Å². The number of benzene rings is 1. The van der Waals surface area contributed by atoms with Crippen molar-refractivity contribution < 1.29 is 18.4 Å². The zero-order valence-corrected chi connectivity index (χ0v) is 9.01. The third kappa shape index (κ3) is 2.19. The number of hydrogen-bond acceptors (Lipinski definition) is 4. The molecule has 0 saturated carbocycles. The number of nitrogens with two attached hydrogens (primary N) is 1. The smallest absolute Gasteiger partial charge is 0.332 e. The highest BCUT2D eigenvalue weighted by Gasteiger charge is 2.06. The predicted octanol–water partition coefficient (Wildman–Crippen LogP) is 0.868. The van der Waals surface area contributed by atoms with Crippen LogP contribution in [-0.4, -0.2) is 12.3 Å². The highest BCUT2D eigenvalue weighted by atomic mass is 19.1. The number of urea groups is 1. The summed E-state index contributed by atoms with van der Waals surface area (Å²) in [7, 11) is 0. The topological polar surface area (TPSA) is 97.7 Å². The molecule has 92 valence electrons. The number of carbonyl (C=O) groups excluding carboxylic acids is 2. The van der Waals surface area contributed by atoms with Crippen molar-refractivity contribution in [3.63, 3.8) is 0 Å². The highest BCUT2D eigenvalue weighted by Crippen LogP contribution is 2.12. The van der Waals surface area contributed by atoms with Crippen molar-refractivity contribution in [2.24, 2.45) is 10.8 Å². The maximum absolute atomic E-state index is 13.2. The van der Waals surface area contributed by atoms with Gasteiger partial charge in [0.05, 0.1) is 5.56 Å². The van der Waals surface area contributed by atoms with Gasteiger partial charge in [-0.3, -0.25) is 4.79 Å². The second kappa shape index (κ2) is 4.66. The van der Waals surface area contributed by atoms with Crippen LogP contribution in [0.25, 0.3) is 11.0 Å². The van der Waals surface area contributed by atoms with Gasteiger partial charge in [0.15, 0.2) is 6.29 Å². The first-order chi connectivity index (χ1) is 8.61. The van der Waals surface area contributed by atoms with Crippen molar-refractivity contribution in [3.8, 4) is 0 Å². The zero-order valence-electron chi connectivity index (χ0n) is 9.01. The average Bonchev–Trinajstić information content (AvgIpc) is 2.35. The average molecular weight is 249 g/mol. The Morgan fingerprint density at radius 2 is 2.28 bits per heavy atom.